The molecule has 0 saturated carbocycles. The molecule has 0 unspecified atom stereocenters. The van der Waals surface area contributed by atoms with Crippen LogP contribution in [0.2, 0.25) is 0 Å². The maximum atomic E-state index is 5.39. The summed E-state index contributed by atoms with van der Waals surface area (Å²) in [6, 6.07) is 19.8. The zero-order valence-corrected chi connectivity index (χ0v) is 14.9. The third kappa shape index (κ3) is 3.79. The fraction of sp³-hybridized carbons (Fsp3) is 0.0952. The summed E-state index contributed by atoms with van der Waals surface area (Å²) in [7, 11) is 1.67. The van der Waals surface area contributed by atoms with Gasteiger partial charge in [0, 0.05) is 29.8 Å². The summed E-state index contributed by atoms with van der Waals surface area (Å²) in [5.41, 5.74) is 2.87. The van der Waals surface area contributed by atoms with Gasteiger partial charge in [-0.1, -0.05) is 36.4 Å². The maximum absolute atomic E-state index is 5.39. The lowest BCUT2D eigenvalue weighted by Crippen LogP contribution is -2.04. The minimum absolute atomic E-state index is 0.607. The Kier molecular flexibility index (Phi) is 4.78. The molecule has 0 fully saturated rings. The molecule has 0 radical (unpaired) electrons. The Balaban J connectivity index is 1.52. The first-order chi connectivity index (χ1) is 13.3. The molecule has 6 nitrogen and oxygen atoms in total. The van der Waals surface area contributed by atoms with Crippen molar-refractivity contribution < 1.29 is 4.74 Å². The van der Waals surface area contributed by atoms with Crippen molar-refractivity contribution in [3.05, 3.63) is 78.8 Å². The van der Waals surface area contributed by atoms with Gasteiger partial charge in [-0.05, 0) is 18.2 Å². The average Bonchev–Trinajstić information content (AvgIpc) is 2.73. The van der Waals surface area contributed by atoms with E-state index in [9.17, 15) is 0 Å². The van der Waals surface area contributed by atoms with E-state index in [2.05, 4.69) is 25.6 Å². The number of anilines is 3. The number of methoxy groups -OCH3 is 1. The number of hydrogen-bond donors (Lipinski definition) is 2. The zero-order valence-electron chi connectivity index (χ0n) is 14.9. The number of nitrogens with zero attached hydrogens (tertiary/aromatic N) is 3. The summed E-state index contributed by atoms with van der Waals surface area (Å²) in [6.07, 6.45) is 3.32. The van der Waals surface area contributed by atoms with Crippen LogP contribution in [0, 0.1) is 0 Å². The molecule has 6 heteroatoms. The third-order valence-corrected chi connectivity index (χ3v) is 4.22. The Morgan fingerprint density at radius 1 is 0.889 bits per heavy atom. The summed E-state index contributed by atoms with van der Waals surface area (Å²) in [5, 5.41) is 7.72. The van der Waals surface area contributed by atoms with E-state index >= 15 is 0 Å². The Morgan fingerprint density at radius 3 is 2.67 bits per heavy atom. The Bertz CT molecular complexity index is 1060. The quantitative estimate of drug-likeness (QED) is 0.533. The van der Waals surface area contributed by atoms with E-state index in [4.69, 9.17) is 4.74 Å². The molecule has 0 atom stereocenters. The smallest absolute Gasteiger partial charge is 0.135 e. The summed E-state index contributed by atoms with van der Waals surface area (Å²) in [5.74, 6) is 2.27. The standard InChI is InChI=1S/C21H19N5O/c1-27-18-10-3-2-6-16(18)13-23-19-12-20(25-14-24-19)26-17-9-4-7-15-8-5-11-22-21(15)17/h2-12,14H,13H2,1H3,(H2,23,24,25,26). The molecule has 2 heterocycles. The summed E-state index contributed by atoms with van der Waals surface area (Å²) in [6.45, 7) is 0.607. The van der Waals surface area contributed by atoms with Crippen LogP contribution >= 0.6 is 0 Å². The molecule has 0 bridgehead atoms. The molecule has 2 aromatic carbocycles. The van der Waals surface area contributed by atoms with Gasteiger partial charge in [-0.25, -0.2) is 9.97 Å². The number of pyridine rings is 1. The first-order valence-corrected chi connectivity index (χ1v) is 8.62. The van der Waals surface area contributed by atoms with Crippen LogP contribution in [0.15, 0.2) is 73.2 Å². The highest BCUT2D eigenvalue weighted by Crippen LogP contribution is 2.24. The second kappa shape index (κ2) is 7.70. The van der Waals surface area contributed by atoms with E-state index in [-0.39, 0.29) is 0 Å². The molecule has 2 aromatic heterocycles. The SMILES string of the molecule is COc1ccccc1CNc1cc(Nc2cccc3cccnc23)ncn1. The van der Waals surface area contributed by atoms with Crippen molar-refractivity contribution in [1.82, 2.24) is 15.0 Å². The van der Waals surface area contributed by atoms with Gasteiger partial charge in [-0.3, -0.25) is 4.98 Å². The summed E-state index contributed by atoms with van der Waals surface area (Å²) in [4.78, 5) is 13.1. The molecule has 4 aromatic rings. The number of nitrogens with one attached hydrogen (secondary N) is 2. The molecule has 0 saturated heterocycles. The molecule has 134 valence electrons. The van der Waals surface area contributed by atoms with Crippen LogP contribution in [0.4, 0.5) is 17.3 Å². The molecular formula is C21H19N5O. The molecule has 0 aliphatic heterocycles. The monoisotopic (exact) mass is 357 g/mol. The van der Waals surface area contributed by atoms with Crippen LogP contribution in [0.1, 0.15) is 5.56 Å². The van der Waals surface area contributed by atoms with Crippen molar-refractivity contribution in [3.63, 3.8) is 0 Å². The fourth-order valence-electron chi connectivity index (χ4n) is 2.90. The minimum Gasteiger partial charge on any atom is -0.496 e. The highest BCUT2D eigenvalue weighted by Gasteiger charge is 2.06. The van der Waals surface area contributed by atoms with Crippen molar-refractivity contribution in [1.29, 1.82) is 0 Å². The van der Waals surface area contributed by atoms with Crippen molar-refractivity contribution in [2.45, 2.75) is 6.54 Å². The number of ether oxygens (including phenoxy) is 1. The Labute approximate surface area is 157 Å². The van der Waals surface area contributed by atoms with Crippen LogP contribution in [0.5, 0.6) is 5.75 Å². The number of fused-ring (bicyclic) bond motifs is 1. The number of benzene rings is 2. The topological polar surface area (TPSA) is 72.0 Å². The average molecular weight is 357 g/mol. The molecule has 0 spiro atoms. The highest BCUT2D eigenvalue weighted by molar-refractivity contribution is 5.91. The zero-order chi connectivity index (χ0) is 18.5. The van der Waals surface area contributed by atoms with Gasteiger partial charge in [0.1, 0.15) is 23.7 Å². The van der Waals surface area contributed by atoms with Crippen molar-refractivity contribution >= 4 is 28.2 Å². The van der Waals surface area contributed by atoms with E-state index in [0.29, 0.717) is 12.4 Å². The molecule has 2 N–H and O–H groups in total. The van der Waals surface area contributed by atoms with Gasteiger partial charge in [-0.15, -0.1) is 0 Å². The predicted molar refractivity (Wildman–Crippen MR) is 107 cm³/mol. The van der Waals surface area contributed by atoms with Gasteiger partial charge >= 0.3 is 0 Å². The van der Waals surface area contributed by atoms with Crippen molar-refractivity contribution in [3.8, 4) is 5.75 Å². The van der Waals surface area contributed by atoms with Crippen LogP contribution in [0.3, 0.4) is 0 Å². The van der Waals surface area contributed by atoms with E-state index in [1.165, 1.54) is 6.33 Å². The van der Waals surface area contributed by atoms with Crippen molar-refractivity contribution in [2.75, 3.05) is 17.7 Å². The first kappa shape index (κ1) is 16.8. The number of aromatic nitrogens is 3. The summed E-state index contributed by atoms with van der Waals surface area (Å²) < 4.78 is 5.39. The van der Waals surface area contributed by atoms with Gasteiger partial charge in [0.25, 0.3) is 0 Å². The molecule has 4 rings (SSSR count). The summed E-state index contributed by atoms with van der Waals surface area (Å²) >= 11 is 0. The first-order valence-electron chi connectivity index (χ1n) is 8.62. The Hall–Kier alpha value is -3.67. The minimum atomic E-state index is 0.607. The lowest BCUT2D eigenvalue weighted by Gasteiger charge is -2.11. The number of rotatable bonds is 6. The van der Waals surface area contributed by atoms with Crippen molar-refractivity contribution in [2.24, 2.45) is 0 Å². The van der Waals surface area contributed by atoms with Crippen LogP contribution in [-0.4, -0.2) is 22.1 Å². The van der Waals surface area contributed by atoms with E-state index in [1.807, 2.05) is 60.7 Å². The lowest BCUT2D eigenvalue weighted by molar-refractivity contribution is 0.410. The predicted octanol–water partition coefficient (Wildman–Crippen LogP) is 4.39. The second-order valence-electron chi connectivity index (χ2n) is 5.96. The fourth-order valence-corrected chi connectivity index (χ4v) is 2.90. The molecule has 0 aliphatic carbocycles. The largest absolute Gasteiger partial charge is 0.496 e. The van der Waals surface area contributed by atoms with Crippen LogP contribution in [0.25, 0.3) is 10.9 Å². The normalized spacial score (nSPS) is 10.6. The Morgan fingerprint density at radius 2 is 1.74 bits per heavy atom. The van der Waals surface area contributed by atoms with E-state index in [0.717, 1.165) is 33.7 Å². The highest BCUT2D eigenvalue weighted by atomic mass is 16.5. The number of para-hydroxylation sites is 2. The second-order valence-corrected chi connectivity index (χ2v) is 5.96. The van der Waals surface area contributed by atoms with Gasteiger partial charge < -0.3 is 15.4 Å². The van der Waals surface area contributed by atoms with E-state index in [1.54, 1.807) is 13.3 Å². The van der Waals surface area contributed by atoms with E-state index < -0.39 is 0 Å². The molecular weight excluding hydrogens is 338 g/mol. The van der Waals surface area contributed by atoms with Gasteiger partial charge in [-0.2, -0.15) is 0 Å². The molecule has 27 heavy (non-hydrogen) atoms. The van der Waals surface area contributed by atoms with Crippen LogP contribution < -0.4 is 15.4 Å². The van der Waals surface area contributed by atoms with Crippen LogP contribution in [-0.2, 0) is 6.54 Å². The van der Waals surface area contributed by atoms with Gasteiger partial charge in [0.05, 0.1) is 18.3 Å². The van der Waals surface area contributed by atoms with Gasteiger partial charge in [0.2, 0.25) is 0 Å². The molecule has 0 amide bonds. The third-order valence-electron chi connectivity index (χ3n) is 4.22. The van der Waals surface area contributed by atoms with Gasteiger partial charge in [0.15, 0.2) is 0 Å². The lowest BCUT2D eigenvalue weighted by atomic mass is 10.2. The maximum Gasteiger partial charge on any atom is 0.135 e. The molecule has 0 aliphatic rings. The number of hydrogen-bond acceptors (Lipinski definition) is 6.